The number of hydrogen-bond donors (Lipinski definition) is 2. The quantitative estimate of drug-likeness (QED) is 0.660. The molecule has 1 amide bonds. The second kappa shape index (κ2) is 7.33. The zero-order valence-corrected chi connectivity index (χ0v) is 13.2. The minimum Gasteiger partial charge on any atom is -0.507 e. The summed E-state index contributed by atoms with van der Waals surface area (Å²) >= 11 is 5.87. The van der Waals surface area contributed by atoms with Gasteiger partial charge in [-0.05, 0) is 43.0 Å². The summed E-state index contributed by atoms with van der Waals surface area (Å²) < 4.78 is 0. The molecule has 1 aromatic carbocycles. The zero-order valence-electron chi connectivity index (χ0n) is 12.5. The molecular formula is C17H19ClN2O2. The standard InChI is InChI=1S/C17H19ClN2O2/c1-11-4-2-3-5-15(11)20-17(22)13(10-19)8-12-9-14(18)6-7-16(12)21/h6-9,11,15,21H,2-5H2,1H3,(H,20,22)/b13-8+/t11-,15-/m1/s1. The van der Waals surface area contributed by atoms with Crippen molar-refractivity contribution in [2.45, 2.75) is 38.6 Å². The number of aromatic hydroxyl groups is 1. The van der Waals surface area contributed by atoms with Crippen molar-refractivity contribution in [2.24, 2.45) is 5.92 Å². The van der Waals surface area contributed by atoms with Gasteiger partial charge in [-0.15, -0.1) is 0 Å². The number of carbonyl (C=O) groups excluding carboxylic acids is 1. The molecule has 5 heteroatoms. The van der Waals surface area contributed by atoms with Gasteiger partial charge in [-0.2, -0.15) is 5.26 Å². The number of rotatable bonds is 3. The van der Waals surface area contributed by atoms with E-state index in [0.29, 0.717) is 16.5 Å². The highest BCUT2D eigenvalue weighted by Crippen LogP contribution is 2.25. The fraction of sp³-hybridized carbons (Fsp3) is 0.412. The van der Waals surface area contributed by atoms with Crippen LogP contribution in [-0.4, -0.2) is 17.1 Å². The van der Waals surface area contributed by atoms with E-state index in [-0.39, 0.29) is 17.4 Å². The van der Waals surface area contributed by atoms with E-state index in [0.717, 1.165) is 19.3 Å². The summed E-state index contributed by atoms with van der Waals surface area (Å²) in [6.07, 6.45) is 5.67. The molecule has 2 N–H and O–H groups in total. The molecule has 0 heterocycles. The molecule has 4 nitrogen and oxygen atoms in total. The van der Waals surface area contributed by atoms with Crippen molar-refractivity contribution in [3.05, 3.63) is 34.4 Å². The lowest BCUT2D eigenvalue weighted by molar-refractivity contribution is -0.118. The molecule has 2 rings (SSSR count). The number of nitriles is 1. The molecule has 1 saturated carbocycles. The van der Waals surface area contributed by atoms with E-state index < -0.39 is 5.91 Å². The van der Waals surface area contributed by atoms with Crippen LogP contribution >= 0.6 is 11.6 Å². The van der Waals surface area contributed by atoms with Gasteiger partial charge in [-0.25, -0.2) is 0 Å². The Hall–Kier alpha value is -1.99. The van der Waals surface area contributed by atoms with Gasteiger partial charge in [-0.1, -0.05) is 31.4 Å². The summed E-state index contributed by atoms with van der Waals surface area (Å²) in [5.74, 6) is -0.00572. The second-order valence-corrected chi connectivity index (χ2v) is 6.15. The van der Waals surface area contributed by atoms with Crippen LogP contribution in [-0.2, 0) is 4.79 Å². The number of halogens is 1. The topological polar surface area (TPSA) is 73.1 Å². The largest absolute Gasteiger partial charge is 0.507 e. The SMILES string of the molecule is C[C@@H]1CCCC[C@H]1NC(=O)/C(C#N)=C/c1cc(Cl)ccc1O. The first kappa shape index (κ1) is 16.4. The maximum Gasteiger partial charge on any atom is 0.262 e. The predicted molar refractivity (Wildman–Crippen MR) is 86.3 cm³/mol. The summed E-state index contributed by atoms with van der Waals surface area (Å²) in [6, 6.07) is 6.50. The molecule has 0 saturated heterocycles. The zero-order chi connectivity index (χ0) is 16.1. The Kier molecular flexibility index (Phi) is 5.46. The van der Waals surface area contributed by atoms with Gasteiger partial charge in [-0.3, -0.25) is 4.79 Å². The minimum absolute atomic E-state index is 0.0176. The summed E-state index contributed by atoms with van der Waals surface area (Å²) in [7, 11) is 0. The Morgan fingerprint density at radius 1 is 1.45 bits per heavy atom. The lowest BCUT2D eigenvalue weighted by Gasteiger charge is -2.29. The molecular weight excluding hydrogens is 300 g/mol. The molecule has 22 heavy (non-hydrogen) atoms. The van der Waals surface area contributed by atoms with Crippen LogP contribution < -0.4 is 5.32 Å². The second-order valence-electron chi connectivity index (χ2n) is 5.71. The van der Waals surface area contributed by atoms with Crippen LogP contribution in [0, 0.1) is 17.2 Å². The molecule has 0 aromatic heterocycles. The van der Waals surface area contributed by atoms with Crippen LogP contribution in [0.15, 0.2) is 23.8 Å². The maximum atomic E-state index is 12.3. The van der Waals surface area contributed by atoms with Crippen LogP contribution in [0.25, 0.3) is 6.08 Å². The Labute approximate surface area is 135 Å². The van der Waals surface area contributed by atoms with Gasteiger partial charge in [0, 0.05) is 16.6 Å². The third-order valence-electron chi connectivity index (χ3n) is 4.08. The Morgan fingerprint density at radius 3 is 2.86 bits per heavy atom. The fourth-order valence-electron chi connectivity index (χ4n) is 2.72. The Bertz CT molecular complexity index is 634. The van der Waals surface area contributed by atoms with Crippen LogP contribution in [0.2, 0.25) is 5.02 Å². The molecule has 0 spiro atoms. The monoisotopic (exact) mass is 318 g/mol. The number of carbonyl (C=O) groups is 1. The number of nitrogens with zero attached hydrogens (tertiary/aromatic N) is 1. The summed E-state index contributed by atoms with van der Waals surface area (Å²) in [5, 5.41) is 22.4. The lowest BCUT2D eigenvalue weighted by Crippen LogP contribution is -2.41. The first-order valence-corrected chi connectivity index (χ1v) is 7.80. The molecule has 2 atom stereocenters. The number of benzene rings is 1. The van der Waals surface area contributed by atoms with Gasteiger partial charge in [0.15, 0.2) is 0 Å². The van der Waals surface area contributed by atoms with Crippen molar-refractivity contribution in [1.82, 2.24) is 5.32 Å². The van der Waals surface area contributed by atoms with Crippen molar-refractivity contribution in [2.75, 3.05) is 0 Å². The number of nitrogens with one attached hydrogen (secondary N) is 1. The van der Waals surface area contributed by atoms with Crippen LogP contribution in [0.4, 0.5) is 0 Å². The molecule has 0 radical (unpaired) electrons. The summed E-state index contributed by atoms with van der Waals surface area (Å²) in [4.78, 5) is 12.3. The van der Waals surface area contributed by atoms with E-state index in [1.807, 2.05) is 6.07 Å². The number of amides is 1. The van der Waals surface area contributed by atoms with E-state index >= 15 is 0 Å². The Balaban J connectivity index is 2.16. The van der Waals surface area contributed by atoms with Crippen LogP contribution in [0.3, 0.4) is 0 Å². The Morgan fingerprint density at radius 2 is 2.18 bits per heavy atom. The third kappa shape index (κ3) is 4.02. The minimum atomic E-state index is -0.402. The number of phenolic OH excluding ortho intramolecular Hbond substituents is 1. The van der Waals surface area contributed by atoms with Crippen molar-refractivity contribution in [1.29, 1.82) is 5.26 Å². The summed E-state index contributed by atoms with van der Waals surface area (Å²) in [6.45, 7) is 2.11. The molecule has 0 unspecified atom stereocenters. The highest BCUT2D eigenvalue weighted by Gasteiger charge is 2.24. The van der Waals surface area contributed by atoms with Gasteiger partial charge in [0.2, 0.25) is 0 Å². The van der Waals surface area contributed by atoms with E-state index in [9.17, 15) is 15.2 Å². The van der Waals surface area contributed by atoms with Crippen molar-refractivity contribution < 1.29 is 9.90 Å². The first-order chi connectivity index (χ1) is 10.5. The van der Waals surface area contributed by atoms with E-state index in [4.69, 9.17) is 11.6 Å². The van der Waals surface area contributed by atoms with Crippen LogP contribution in [0.1, 0.15) is 38.2 Å². The van der Waals surface area contributed by atoms with Gasteiger partial charge in [0.25, 0.3) is 5.91 Å². The molecule has 1 aromatic rings. The van der Waals surface area contributed by atoms with Crippen molar-refractivity contribution >= 4 is 23.6 Å². The van der Waals surface area contributed by atoms with Crippen LogP contribution in [0.5, 0.6) is 5.75 Å². The van der Waals surface area contributed by atoms with Gasteiger partial charge in [0.1, 0.15) is 17.4 Å². The van der Waals surface area contributed by atoms with E-state index in [1.165, 1.54) is 24.6 Å². The first-order valence-electron chi connectivity index (χ1n) is 7.42. The smallest absolute Gasteiger partial charge is 0.262 e. The third-order valence-corrected chi connectivity index (χ3v) is 4.32. The van der Waals surface area contributed by atoms with E-state index in [1.54, 1.807) is 6.07 Å². The highest BCUT2D eigenvalue weighted by atomic mass is 35.5. The summed E-state index contributed by atoms with van der Waals surface area (Å²) in [5.41, 5.74) is 0.325. The molecule has 1 aliphatic carbocycles. The average Bonchev–Trinajstić information content (AvgIpc) is 2.50. The number of phenols is 1. The number of hydrogen-bond acceptors (Lipinski definition) is 3. The van der Waals surface area contributed by atoms with Crippen molar-refractivity contribution in [3.63, 3.8) is 0 Å². The average molecular weight is 319 g/mol. The fourth-order valence-corrected chi connectivity index (χ4v) is 2.90. The molecule has 0 bridgehead atoms. The van der Waals surface area contributed by atoms with Crippen molar-refractivity contribution in [3.8, 4) is 11.8 Å². The molecule has 0 aliphatic heterocycles. The van der Waals surface area contributed by atoms with Gasteiger partial charge >= 0.3 is 0 Å². The highest BCUT2D eigenvalue weighted by molar-refractivity contribution is 6.30. The lowest BCUT2D eigenvalue weighted by atomic mass is 9.86. The molecule has 116 valence electrons. The normalized spacial score (nSPS) is 22.0. The molecule has 1 aliphatic rings. The van der Waals surface area contributed by atoms with Gasteiger partial charge < -0.3 is 10.4 Å². The molecule has 1 fully saturated rings. The van der Waals surface area contributed by atoms with Gasteiger partial charge in [0.05, 0.1) is 0 Å². The predicted octanol–water partition coefficient (Wildman–Crippen LogP) is 3.65. The van der Waals surface area contributed by atoms with E-state index in [2.05, 4.69) is 12.2 Å². The maximum absolute atomic E-state index is 12.3.